The first kappa shape index (κ1) is 22.5. The van der Waals surface area contributed by atoms with Crippen molar-refractivity contribution in [2.24, 2.45) is 0 Å². The SMILES string of the molecule is Cc1c(Cc2ccc(C3=COC(C)N3)cc2)cc(C(=O)CNC2CCCOC2)c(F)c1C. The van der Waals surface area contributed by atoms with Crippen molar-refractivity contribution in [1.82, 2.24) is 10.6 Å². The lowest BCUT2D eigenvalue weighted by molar-refractivity contribution is 0.0688. The van der Waals surface area contributed by atoms with Gasteiger partial charge in [0.05, 0.1) is 24.4 Å². The number of carbonyl (C=O) groups is 1. The van der Waals surface area contributed by atoms with Crippen LogP contribution < -0.4 is 10.6 Å². The van der Waals surface area contributed by atoms with Gasteiger partial charge < -0.3 is 20.1 Å². The summed E-state index contributed by atoms with van der Waals surface area (Å²) >= 11 is 0. The fourth-order valence-corrected chi connectivity index (χ4v) is 4.20. The van der Waals surface area contributed by atoms with Crippen molar-refractivity contribution in [3.05, 3.63) is 75.8 Å². The van der Waals surface area contributed by atoms with Gasteiger partial charge >= 0.3 is 0 Å². The lowest BCUT2D eigenvalue weighted by Gasteiger charge is -2.23. The van der Waals surface area contributed by atoms with Gasteiger partial charge in [-0.1, -0.05) is 24.3 Å². The minimum absolute atomic E-state index is 0.0226. The molecule has 2 heterocycles. The lowest BCUT2D eigenvalue weighted by atomic mass is 9.92. The van der Waals surface area contributed by atoms with Crippen LogP contribution in [0.25, 0.3) is 5.70 Å². The van der Waals surface area contributed by atoms with Crippen LogP contribution in [-0.2, 0) is 15.9 Å². The molecule has 1 fully saturated rings. The second-order valence-electron chi connectivity index (χ2n) is 8.69. The zero-order valence-electron chi connectivity index (χ0n) is 19.0. The van der Waals surface area contributed by atoms with E-state index in [9.17, 15) is 9.18 Å². The molecule has 0 aliphatic carbocycles. The number of ether oxygens (including phenoxy) is 2. The van der Waals surface area contributed by atoms with Crippen LogP contribution in [0.15, 0.2) is 36.6 Å². The van der Waals surface area contributed by atoms with E-state index >= 15 is 0 Å². The normalized spacial score (nSPS) is 20.4. The Hall–Kier alpha value is -2.70. The number of carbonyl (C=O) groups excluding carboxylic acids is 1. The molecule has 5 nitrogen and oxygen atoms in total. The van der Waals surface area contributed by atoms with Crippen LogP contribution in [0.1, 0.15) is 57.9 Å². The second kappa shape index (κ2) is 9.84. The van der Waals surface area contributed by atoms with Crippen LogP contribution in [-0.4, -0.2) is 37.8 Å². The number of benzene rings is 2. The highest BCUT2D eigenvalue weighted by Gasteiger charge is 2.20. The molecule has 6 heteroatoms. The first-order valence-corrected chi connectivity index (χ1v) is 11.3. The molecule has 0 saturated carbocycles. The van der Waals surface area contributed by atoms with Gasteiger partial charge in [-0.05, 0) is 68.4 Å². The van der Waals surface area contributed by atoms with Crippen LogP contribution in [0.2, 0.25) is 0 Å². The first-order valence-electron chi connectivity index (χ1n) is 11.3. The number of Topliss-reactive ketones (excluding diaryl/α,β-unsaturated/α-hetero) is 1. The Morgan fingerprint density at radius 1 is 1.22 bits per heavy atom. The second-order valence-corrected chi connectivity index (χ2v) is 8.69. The van der Waals surface area contributed by atoms with Crippen molar-refractivity contribution in [3.63, 3.8) is 0 Å². The van der Waals surface area contributed by atoms with Crippen molar-refractivity contribution in [3.8, 4) is 0 Å². The van der Waals surface area contributed by atoms with E-state index in [0.717, 1.165) is 47.4 Å². The molecule has 0 radical (unpaired) electrons. The Balaban J connectivity index is 1.48. The number of rotatable bonds is 7. The summed E-state index contributed by atoms with van der Waals surface area (Å²) in [6.45, 7) is 7.10. The van der Waals surface area contributed by atoms with Crippen LogP contribution >= 0.6 is 0 Å². The van der Waals surface area contributed by atoms with E-state index in [-0.39, 0.29) is 30.2 Å². The predicted molar refractivity (Wildman–Crippen MR) is 123 cm³/mol. The molecular formula is C26H31FN2O3. The van der Waals surface area contributed by atoms with Gasteiger partial charge in [0.2, 0.25) is 0 Å². The molecule has 32 heavy (non-hydrogen) atoms. The Morgan fingerprint density at radius 3 is 2.66 bits per heavy atom. The Morgan fingerprint density at radius 2 is 2.00 bits per heavy atom. The van der Waals surface area contributed by atoms with E-state index in [0.29, 0.717) is 18.6 Å². The highest BCUT2D eigenvalue weighted by atomic mass is 19.1. The topological polar surface area (TPSA) is 59.6 Å². The monoisotopic (exact) mass is 438 g/mol. The molecule has 2 atom stereocenters. The van der Waals surface area contributed by atoms with Gasteiger partial charge in [-0.2, -0.15) is 0 Å². The third-order valence-corrected chi connectivity index (χ3v) is 6.35. The summed E-state index contributed by atoms with van der Waals surface area (Å²) in [5, 5.41) is 6.49. The molecule has 170 valence electrons. The maximum atomic E-state index is 15.0. The zero-order valence-corrected chi connectivity index (χ0v) is 19.0. The molecule has 2 aliphatic rings. The standard InChI is InChI=1S/C26H31FN2O3/c1-16-17(2)26(27)23(25(30)13-28-22-5-4-10-31-14-22)12-21(16)11-19-6-8-20(9-7-19)24-15-32-18(3)29-24/h6-9,12,15,18,22,28-29H,4-5,10-11,13-14H2,1-3H3. The molecule has 0 bridgehead atoms. The summed E-state index contributed by atoms with van der Waals surface area (Å²) in [5.41, 5.74) is 5.67. The van der Waals surface area contributed by atoms with Gasteiger partial charge in [0.1, 0.15) is 12.1 Å². The molecule has 2 N–H and O–H groups in total. The quantitative estimate of drug-likeness (QED) is 0.633. The van der Waals surface area contributed by atoms with Crippen LogP contribution in [0.4, 0.5) is 4.39 Å². The van der Waals surface area contributed by atoms with Crippen LogP contribution in [0, 0.1) is 19.7 Å². The fraction of sp³-hybridized carbons (Fsp3) is 0.423. The van der Waals surface area contributed by atoms with E-state index < -0.39 is 5.82 Å². The maximum absolute atomic E-state index is 15.0. The molecule has 2 aromatic carbocycles. The van der Waals surface area contributed by atoms with Crippen molar-refractivity contribution in [1.29, 1.82) is 0 Å². The average Bonchev–Trinajstić information content (AvgIpc) is 3.25. The average molecular weight is 439 g/mol. The molecular weight excluding hydrogens is 407 g/mol. The largest absolute Gasteiger partial charge is 0.476 e. The molecule has 2 aliphatic heterocycles. The Labute approximate surface area is 189 Å². The van der Waals surface area contributed by atoms with Gasteiger partial charge in [0.25, 0.3) is 0 Å². The molecule has 4 rings (SSSR count). The van der Waals surface area contributed by atoms with Gasteiger partial charge in [-0.15, -0.1) is 0 Å². The first-order chi connectivity index (χ1) is 15.4. The minimum Gasteiger partial charge on any atom is -0.476 e. The van der Waals surface area contributed by atoms with E-state index in [1.165, 1.54) is 0 Å². The van der Waals surface area contributed by atoms with Crippen LogP contribution in [0.5, 0.6) is 0 Å². The van der Waals surface area contributed by atoms with Crippen molar-refractivity contribution in [2.45, 2.75) is 52.3 Å². The highest BCUT2D eigenvalue weighted by Crippen LogP contribution is 2.25. The Bertz CT molecular complexity index is 1010. The predicted octanol–water partition coefficient (Wildman–Crippen LogP) is 4.25. The highest BCUT2D eigenvalue weighted by molar-refractivity contribution is 5.98. The number of ketones is 1. The number of hydrogen-bond donors (Lipinski definition) is 2. The fourth-order valence-electron chi connectivity index (χ4n) is 4.20. The van der Waals surface area contributed by atoms with E-state index in [1.807, 2.05) is 26.0 Å². The molecule has 0 spiro atoms. The number of halogens is 1. The summed E-state index contributed by atoms with van der Waals surface area (Å²) in [6.07, 6.45) is 4.30. The minimum atomic E-state index is -0.415. The molecule has 2 unspecified atom stereocenters. The van der Waals surface area contributed by atoms with E-state index in [2.05, 4.69) is 22.8 Å². The van der Waals surface area contributed by atoms with Gasteiger partial charge in [0.15, 0.2) is 12.0 Å². The van der Waals surface area contributed by atoms with Gasteiger partial charge in [0, 0.05) is 18.2 Å². The Kier molecular flexibility index (Phi) is 6.92. The van der Waals surface area contributed by atoms with E-state index in [4.69, 9.17) is 9.47 Å². The number of nitrogens with one attached hydrogen (secondary N) is 2. The molecule has 0 amide bonds. The molecule has 1 saturated heterocycles. The van der Waals surface area contributed by atoms with Gasteiger partial charge in [-0.3, -0.25) is 4.79 Å². The van der Waals surface area contributed by atoms with Gasteiger partial charge in [-0.25, -0.2) is 4.39 Å². The number of hydrogen-bond acceptors (Lipinski definition) is 5. The van der Waals surface area contributed by atoms with Crippen molar-refractivity contribution < 1.29 is 18.7 Å². The third-order valence-electron chi connectivity index (χ3n) is 6.35. The summed E-state index contributed by atoms with van der Waals surface area (Å²) in [5.74, 6) is -0.636. The third kappa shape index (κ3) is 5.03. The summed E-state index contributed by atoms with van der Waals surface area (Å²) in [7, 11) is 0. The molecule has 2 aromatic rings. The smallest absolute Gasteiger partial charge is 0.179 e. The van der Waals surface area contributed by atoms with Crippen molar-refractivity contribution >= 4 is 11.5 Å². The maximum Gasteiger partial charge on any atom is 0.179 e. The summed E-state index contributed by atoms with van der Waals surface area (Å²) in [6, 6.07) is 10.1. The van der Waals surface area contributed by atoms with E-state index in [1.54, 1.807) is 19.3 Å². The summed E-state index contributed by atoms with van der Waals surface area (Å²) in [4.78, 5) is 12.8. The lowest BCUT2D eigenvalue weighted by Crippen LogP contribution is -2.39. The molecule has 0 aromatic heterocycles. The van der Waals surface area contributed by atoms with Crippen molar-refractivity contribution in [2.75, 3.05) is 19.8 Å². The zero-order chi connectivity index (χ0) is 22.7. The van der Waals surface area contributed by atoms with Crippen LogP contribution in [0.3, 0.4) is 0 Å². The summed E-state index contributed by atoms with van der Waals surface area (Å²) < 4.78 is 25.8.